The van der Waals surface area contributed by atoms with Gasteiger partial charge in [0.15, 0.2) is 0 Å². The molecule has 2 atom stereocenters. The van der Waals surface area contributed by atoms with Crippen LogP contribution in [0.15, 0.2) is 11.6 Å². The minimum atomic E-state index is -1.41. The summed E-state index contributed by atoms with van der Waals surface area (Å²) in [6.07, 6.45) is 12.0. The quantitative estimate of drug-likeness (QED) is 0.367. The number of unbranched alkanes of at least 4 members (excludes halogenated alkanes) is 9. The molecule has 0 spiro atoms. The highest BCUT2D eigenvalue weighted by atomic mass is 16.6. The number of imide groups is 1. The number of hydrogen-bond donors (Lipinski definition) is 2. The van der Waals surface area contributed by atoms with Crippen LogP contribution in [-0.2, 0) is 14.3 Å². The molecule has 7 nitrogen and oxygen atoms in total. The fraction of sp³-hybridized carbons (Fsp3) is 0.762. The monoisotopic (exact) mass is 396 g/mol. The van der Waals surface area contributed by atoms with Crippen LogP contribution >= 0.6 is 0 Å². The molecule has 0 saturated carbocycles. The number of nitrogens with zero attached hydrogens (tertiary/aromatic N) is 1. The highest BCUT2D eigenvalue weighted by molar-refractivity contribution is 5.97. The van der Waals surface area contributed by atoms with E-state index in [0.29, 0.717) is 6.42 Å². The predicted molar refractivity (Wildman–Crippen MR) is 107 cm³/mol. The van der Waals surface area contributed by atoms with Gasteiger partial charge in [-0.15, -0.1) is 0 Å². The number of amides is 3. The molecule has 7 heteroatoms. The van der Waals surface area contributed by atoms with Crippen molar-refractivity contribution in [3.63, 3.8) is 0 Å². The number of rotatable bonds is 13. The Morgan fingerprint density at radius 2 is 1.64 bits per heavy atom. The van der Waals surface area contributed by atoms with E-state index in [1.54, 1.807) is 0 Å². The molecule has 160 valence electrons. The third kappa shape index (κ3) is 8.00. The number of carbonyl (C=O) groups is 3. The first-order chi connectivity index (χ1) is 13.4. The lowest BCUT2D eigenvalue weighted by atomic mass is 9.91. The van der Waals surface area contributed by atoms with E-state index in [9.17, 15) is 19.5 Å². The third-order valence-corrected chi connectivity index (χ3v) is 5.19. The van der Waals surface area contributed by atoms with E-state index in [1.807, 2.05) is 0 Å². The van der Waals surface area contributed by atoms with E-state index >= 15 is 0 Å². The summed E-state index contributed by atoms with van der Waals surface area (Å²) in [5, 5.41) is 12.3. The van der Waals surface area contributed by atoms with Crippen molar-refractivity contribution in [1.29, 1.82) is 0 Å². The second-order valence-electron chi connectivity index (χ2n) is 7.41. The maximum atomic E-state index is 12.7. The van der Waals surface area contributed by atoms with Gasteiger partial charge in [-0.1, -0.05) is 71.1 Å². The SMILES string of the molecule is CCCCCCCCCCCCC(C(=O)N(C)C(=O)NC)C1=CC(=O)OC1O. The molecule has 0 aliphatic carbocycles. The van der Waals surface area contributed by atoms with Gasteiger partial charge in [-0.05, 0) is 6.42 Å². The lowest BCUT2D eigenvalue weighted by Gasteiger charge is -2.24. The van der Waals surface area contributed by atoms with Gasteiger partial charge in [0.05, 0.1) is 5.92 Å². The Labute approximate surface area is 168 Å². The molecule has 1 heterocycles. The molecule has 1 rings (SSSR count). The van der Waals surface area contributed by atoms with Crippen molar-refractivity contribution in [3.8, 4) is 0 Å². The van der Waals surface area contributed by atoms with Crippen LogP contribution in [0.3, 0.4) is 0 Å². The lowest BCUT2D eigenvalue weighted by molar-refractivity contribution is -0.152. The number of aliphatic hydroxyl groups excluding tert-OH is 1. The van der Waals surface area contributed by atoms with Gasteiger partial charge >= 0.3 is 12.0 Å². The minimum absolute atomic E-state index is 0.238. The zero-order chi connectivity index (χ0) is 20.9. The van der Waals surface area contributed by atoms with Gasteiger partial charge in [0, 0.05) is 25.7 Å². The number of ether oxygens (including phenoxy) is 1. The molecule has 28 heavy (non-hydrogen) atoms. The third-order valence-electron chi connectivity index (χ3n) is 5.19. The first-order valence-corrected chi connectivity index (χ1v) is 10.5. The van der Waals surface area contributed by atoms with E-state index in [2.05, 4.69) is 12.2 Å². The van der Waals surface area contributed by atoms with Crippen LogP contribution in [0.5, 0.6) is 0 Å². The van der Waals surface area contributed by atoms with Crippen LogP contribution in [0.25, 0.3) is 0 Å². The molecule has 0 radical (unpaired) electrons. The molecular weight excluding hydrogens is 360 g/mol. The van der Waals surface area contributed by atoms with Gasteiger partial charge in [-0.3, -0.25) is 9.69 Å². The zero-order valence-electron chi connectivity index (χ0n) is 17.5. The van der Waals surface area contributed by atoms with Gasteiger partial charge in [-0.25, -0.2) is 9.59 Å². The summed E-state index contributed by atoms with van der Waals surface area (Å²) < 4.78 is 4.72. The molecular formula is C21H36N2O5. The average molecular weight is 397 g/mol. The van der Waals surface area contributed by atoms with Crippen molar-refractivity contribution < 1.29 is 24.2 Å². The number of nitrogens with one attached hydrogen (secondary N) is 1. The summed E-state index contributed by atoms with van der Waals surface area (Å²) in [6, 6.07) is -0.529. The number of aliphatic hydroxyl groups is 1. The summed E-state index contributed by atoms with van der Waals surface area (Å²) in [4.78, 5) is 36.9. The summed E-state index contributed by atoms with van der Waals surface area (Å²) in [7, 11) is 2.83. The first kappa shape index (κ1) is 24.1. The first-order valence-electron chi connectivity index (χ1n) is 10.5. The number of hydrogen-bond acceptors (Lipinski definition) is 5. The summed E-state index contributed by atoms with van der Waals surface area (Å²) >= 11 is 0. The van der Waals surface area contributed by atoms with Crippen LogP contribution in [0, 0.1) is 5.92 Å². The Bertz CT molecular complexity index is 547. The molecule has 0 fully saturated rings. The van der Waals surface area contributed by atoms with E-state index in [4.69, 9.17) is 4.74 Å². The standard InChI is InChI=1S/C21H36N2O5/c1-4-5-6-7-8-9-10-11-12-13-14-16(17-15-18(24)28-20(17)26)19(25)23(3)21(27)22-2/h15-16,20,26H,4-14H2,1-3H3,(H,22,27). The van der Waals surface area contributed by atoms with Crippen molar-refractivity contribution in [2.75, 3.05) is 14.1 Å². The van der Waals surface area contributed by atoms with Crippen LogP contribution in [0.1, 0.15) is 77.6 Å². The van der Waals surface area contributed by atoms with E-state index < -0.39 is 30.1 Å². The van der Waals surface area contributed by atoms with Crippen molar-refractivity contribution in [2.45, 2.75) is 83.8 Å². The van der Waals surface area contributed by atoms with Gasteiger partial charge < -0.3 is 15.2 Å². The topological polar surface area (TPSA) is 95.9 Å². The van der Waals surface area contributed by atoms with Crippen molar-refractivity contribution in [2.24, 2.45) is 5.92 Å². The lowest BCUT2D eigenvalue weighted by Crippen LogP contribution is -2.43. The Balaban J connectivity index is 2.47. The van der Waals surface area contributed by atoms with Gasteiger partial charge in [0.1, 0.15) is 0 Å². The average Bonchev–Trinajstić information content (AvgIpc) is 3.02. The number of carbonyl (C=O) groups excluding carboxylic acids is 3. The molecule has 0 bridgehead atoms. The number of cyclic esters (lactones) is 1. The molecule has 1 aliphatic heterocycles. The molecule has 2 N–H and O–H groups in total. The Kier molecular flexibility index (Phi) is 11.5. The predicted octanol–water partition coefficient (Wildman–Crippen LogP) is 3.51. The van der Waals surface area contributed by atoms with Gasteiger partial charge in [0.25, 0.3) is 0 Å². The Morgan fingerprint density at radius 3 is 2.11 bits per heavy atom. The highest BCUT2D eigenvalue weighted by Gasteiger charge is 2.36. The van der Waals surface area contributed by atoms with Gasteiger partial charge in [-0.2, -0.15) is 0 Å². The zero-order valence-corrected chi connectivity index (χ0v) is 17.5. The second-order valence-corrected chi connectivity index (χ2v) is 7.41. The molecule has 3 amide bonds. The van der Waals surface area contributed by atoms with Crippen molar-refractivity contribution >= 4 is 17.9 Å². The van der Waals surface area contributed by atoms with Crippen LogP contribution in [0.2, 0.25) is 0 Å². The smallest absolute Gasteiger partial charge is 0.333 e. The molecule has 1 aliphatic rings. The molecule has 0 aromatic carbocycles. The Hall–Kier alpha value is -1.89. The summed E-state index contributed by atoms with van der Waals surface area (Å²) in [5.74, 6) is -1.84. The van der Waals surface area contributed by atoms with E-state index in [0.717, 1.165) is 24.2 Å². The van der Waals surface area contributed by atoms with Crippen molar-refractivity contribution in [1.82, 2.24) is 10.2 Å². The van der Waals surface area contributed by atoms with Crippen LogP contribution < -0.4 is 5.32 Å². The molecule has 0 aromatic heterocycles. The summed E-state index contributed by atoms with van der Waals surface area (Å²) in [6.45, 7) is 2.22. The van der Waals surface area contributed by atoms with E-state index in [1.165, 1.54) is 65.1 Å². The number of urea groups is 1. The van der Waals surface area contributed by atoms with E-state index in [-0.39, 0.29) is 5.57 Å². The Morgan fingerprint density at radius 1 is 1.11 bits per heavy atom. The highest BCUT2D eigenvalue weighted by Crippen LogP contribution is 2.28. The molecule has 0 aromatic rings. The minimum Gasteiger partial charge on any atom is -0.429 e. The van der Waals surface area contributed by atoms with Crippen molar-refractivity contribution in [3.05, 3.63) is 11.6 Å². The summed E-state index contributed by atoms with van der Waals surface area (Å²) in [5.41, 5.74) is 0.238. The van der Waals surface area contributed by atoms with Crippen LogP contribution in [0.4, 0.5) is 4.79 Å². The molecule has 2 unspecified atom stereocenters. The van der Waals surface area contributed by atoms with Crippen LogP contribution in [-0.4, -0.2) is 48.3 Å². The second kappa shape index (κ2) is 13.3. The maximum absolute atomic E-state index is 12.7. The largest absolute Gasteiger partial charge is 0.429 e. The number of esters is 1. The van der Waals surface area contributed by atoms with Gasteiger partial charge in [0.2, 0.25) is 12.2 Å². The fourth-order valence-electron chi connectivity index (χ4n) is 3.46. The normalized spacial score (nSPS) is 17.1. The fourth-order valence-corrected chi connectivity index (χ4v) is 3.46. The molecule has 0 saturated heterocycles. The maximum Gasteiger partial charge on any atom is 0.333 e.